The maximum Gasteiger partial charge on any atom is 0.263 e. The first-order chi connectivity index (χ1) is 23.1. The van der Waals surface area contributed by atoms with Crippen LogP contribution in [-0.2, 0) is 21.0 Å². The summed E-state index contributed by atoms with van der Waals surface area (Å²) < 4.78 is 34.1. The van der Waals surface area contributed by atoms with E-state index in [1.54, 1.807) is 28.9 Å². The molecule has 0 spiro atoms. The molecule has 1 N–H and O–H groups in total. The van der Waals surface area contributed by atoms with Crippen molar-refractivity contribution in [1.29, 1.82) is 0 Å². The largest absolute Gasteiger partial charge is 0.263 e. The number of pyridine rings is 1. The Balaban J connectivity index is 1.32. The smallest absolute Gasteiger partial charge is 0.263 e. The van der Waals surface area contributed by atoms with Crippen LogP contribution < -0.4 is 4.72 Å². The van der Waals surface area contributed by atoms with Gasteiger partial charge < -0.3 is 0 Å². The molecule has 7 rings (SSSR count). The Morgan fingerprint density at radius 2 is 1.23 bits per heavy atom. The topological polar surface area (TPSA) is 81.3 Å². The van der Waals surface area contributed by atoms with Crippen molar-refractivity contribution in [2.75, 3.05) is 4.72 Å². The number of sulfonamides is 1. The average Bonchev–Trinajstić information content (AvgIpc) is 3.77. The Morgan fingerprint density at radius 3 is 1.75 bits per heavy atom. The van der Waals surface area contributed by atoms with E-state index in [2.05, 4.69) is 77.8 Å². The summed E-state index contributed by atoms with van der Waals surface area (Å²) in [6.07, 6.45) is 3.81. The minimum Gasteiger partial charge on any atom is -0.263 e. The van der Waals surface area contributed by atoms with Gasteiger partial charge in [0.25, 0.3) is 10.0 Å². The molecular weight excluding hydrogens is 682 g/mol. The fourth-order valence-corrected chi connectivity index (χ4v) is 7.62. The van der Waals surface area contributed by atoms with Crippen LogP contribution in [0, 0.1) is 0 Å². The van der Waals surface area contributed by atoms with Crippen molar-refractivity contribution in [2.45, 2.75) is 36.6 Å². The molecule has 3 heterocycles. The van der Waals surface area contributed by atoms with Gasteiger partial charge >= 0.3 is 0 Å². The van der Waals surface area contributed by atoms with Crippen molar-refractivity contribution < 1.29 is 8.42 Å². The summed E-state index contributed by atoms with van der Waals surface area (Å²) in [4.78, 5) is 0.180. The minimum absolute atomic E-state index is 0.0875. The molecule has 0 aliphatic rings. The van der Waals surface area contributed by atoms with Gasteiger partial charge in [-0.05, 0) is 73.9 Å². The number of hydrogen-bond donors (Lipinski definition) is 1. The van der Waals surface area contributed by atoms with Crippen LogP contribution in [-0.4, -0.2) is 27.8 Å². The van der Waals surface area contributed by atoms with Gasteiger partial charge in [0.15, 0.2) is 0 Å². The second kappa shape index (κ2) is 12.2. The van der Waals surface area contributed by atoms with Gasteiger partial charge in [0.1, 0.15) is 11.4 Å². The third-order valence-corrected chi connectivity index (χ3v) is 10.7. The van der Waals surface area contributed by atoms with E-state index < -0.39 is 15.6 Å². The first-order valence-corrected chi connectivity index (χ1v) is 17.9. The zero-order chi connectivity index (χ0) is 33.5. The van der Waals surface area contributed by atoms with Crippen molar-refractivity contribution >= 4 is 37.3 Å². The maximum atomic E-state index is 13.5. The lowest BCUT2D eigenvalue weighted by molar-refractivity contribution is 0.460. The number of benzene rings is 4. The molecule has 4 aromatic carbocycles. The second-order valence-corrected chi connectivity index (χ2v) is 15.3. The molecule has 0 radical (unpaired) electrons. The zero-order valence-corrected chi connectivity index (χ0v) is 29.2. The summed E-state index contributed by atoms with van der Waals surface area (Å²) in [7, 11) is -3.89. The van der Waals surface area contributed by atoms with Gasteiger partial charge in [0.05, 0.1) is 22.3 Å². The molecule has 0 saturated carbocycles. The van der Waals surface area contributed by atoms with E-state index in [0.29, 0.717) is 17.0 Å². The van der Waals surface area contributed by atoms with Crippen LogP contribution in [0.4, 0.5) is 5.82 Å². The molecule has 0 atom stereocenters. The van der Waals surface area contributed by atoms with Gasteiger partial charge in [-0.15, -0.1) is 0 Å². The summed E-state index contributed by atoms with van der Waals surface area (Å²) in [6, 6.07) is 43.5. The molecule has 0 aliphatic carbocycles. The van der Waals surface area contributed by atoms with E-state index >= 15 is 0 Å². The Kier molecular flexibility index (Phi) is 8.05. The van der Waals surface area contributed by atoms with Crippen LogP contribution in [0.1, 0.15) is 43.0 Å². The molecule has 0 amide bonds. The predicted octanol–water partition coefficient (Wildman–Crippen LogP) is 8.90. The van der Waals surface area contributed by atoms with Gasteiger partial charge in [-0.3, -0.25) is 9.40 Å². The first kappa shape index (κ1) is 31.6. The van der Waals surface area contributed by atoms with E-state index in [9.17, 15) is 8.42 Å². The van der Waals surface area contributed by atoms with E-state index in [-0.39, 0.29) is 10.3 Å². The highest BCUT2D eigenvalue weighted by Gasteiger charge is 2.39. The highest BCUT2D eigenvalue weighted by molar-refractivity contribution is 9.10. The number of aromatic nitrogens is 4. The summed E-state index contributed by atoms with van der Waals surface area (Å²) in [5, 5.41) is 9.86. The van der Waals surface area contributed by atoms with Gasteiger partial charge in [-0.2, -0.15) is 10.2 Å². The van der Waals surface area contributed by atoms with Crippen LogP contribution in [0.2, 0.25) is 0 Å². The summed E-state index contributed by atoms with van der Waals surface area (Å²) in [6.45, 7) is 6.28. The molecule has 7 nitrogen and oxygen atoms in total. The Bertz CT molecular complexity index is 2220. The number of hydrogen-bond acceptors (Lipinski definition) is 4. The second-order valence-electron chi connectivity index (χ2n) is 12.8. The third kappa shape index (κ3) is 5.63. The van der Waals surface area contributed by atoms with Crippen molar-refractivity contribution in [3.05, 3.63) is 173 Å². The SMILES string of the molecule is CC(C)(C)c1ccc(S(=O)(=O)Nc2ccc(Br)c3cc(-c4cnn(C(c5ccccc5)(c5ccccc5)c5ccccc5)c4)nn23)cc1. The van der Waals surface area contributed by atoms with Crippen LogP contribution in [0.15, 0.2) is 155 Å². The van der Waals surface area contributed by atoms with E-state index in [1.165, 1.54) is 0 Å². The van der Waals surface area contributed by atoms with Crippen molar-refractivity contribution in [3.63, 3.8) is 0 Å². The number of halogens is 1. The summed E-state index contributed by atoms with van der Waals surface area (Å²) in [5.41, 5.74) is 5.50. The van der Waals surface area contributed by atoms with Crippen LogP contribution in [0.25, 0.3) is 16.8 Å². The van der Waals surface area contributed by atoms with Gasteiger partial charge in [0, 0.05) is 16.2 Å². The Hall–Kier alpha value is -4.99. The van der Waals surface area contributed by atoms with Crippen molar-refractivity contribution in [1.82, 2.24) is 19.4 Å². The molecule has 0 unspecified atom stereocenters. The van der Waals surface area contributed by atoms with Crippen LogP contribution in [0.5, 0.6) is 0 Å². The fraction of sp³-hybridized carbons (Fsp3) is 0.128. The molecule has 240 valence electrons. The van der Waals surface area contributed by atoms with E-state index in [1.807, 2.05) is 89.7 Å². The first-order valence-electron chi connectivity index (χ1n) is 15.6. The lowest BCUT2D eigenvalue weighted by Crippen LogP contribution is -2.38. The predicted molar refractivity (Wildman–Crippen MR) is 195 cm³/mol. The fourth-order valence-electron chi connectivity index (χ4n) is 6.17. The minimum atomic E-state index is -3.89. The molecule has 3 aromatic heterocycles. The molecule has 0 fully saturated rings. The van der Waals surface area contributed by atoms with Crippen molar-refractivity contribution in [2.24, 2.45) is 0 Å². The molecule has 48 heavy (non-hydrogen) atoms. The molecular formula is C39H34BrN5O2S. The van der Waals surface area contributed by atoms with Crippen LogP contribution in [0.3, 0.4) is 0 Å². The summed E-state index contributed by atoms with van der Waals surface area (Å²) >= 11 is 3.64. The highest BCUT2D eigenvalue weighted by Crippen LogP contribution is 2.41. The van der Waals surface area contributed by atoms with Gasteiger partial charge in [0.2, 0.25) is 0 Å². The molecule has 0 saturated heterocycles. The van der Waals surface area contributed by atoms with Crippen LogP contribution >= 0.6 is 15.9 Å². The number of nitrogens with one attached hydrogen (secondary N) is 1. The maximum absolute atomic E-state index is 13.5. The molecule has 0 aliphatic heterocycles. The highest BCUT2D eigenvalue weighted by atomic mass is 79.9. The lowest BCUT2D eigenvalue weighted by atomic mass is 9.77. The third-order valence-electron chi connectivity index (χ3n) is 8.64. The normalized spacial score (nSPS) is 12.3. The average molecular weight is 717 g/mol. The van der Waals surface area contributed by atoms with Gasteiger partial charge in [-0.1, -0.05) is 124 Å². The molecule has 7 aromatic rings. The van der Waals surface area contributed by atoms with Gasteiger partial charge in [-0.25, -0.2) is 12.9 Å². The number of anilines is 1. The monoisotopic (exact) mass is 715 g/mol. The summed E-state index contributed by atoms with van der Waals surface area (Å²) in [5.74, 6) is 0.318. The van der Waals surface area contributed by atoms with E-state index in [0.717, 1.165) is 32.3 Å². The number of nitrogens with zero attached hydrogens (tertiary/aromatic N) is 4. The molecule has 0 bridgehead atoms. The Morgan fingerprint density at radius 1 is 0.688 bits per heavy atom. The molecule has 9 heteroatoms. The van der Waals surface area contributed by atoms with Crippen molar-refractivity contribution in [3.8, 4) is 11.3 Å². The zero-order valence-electron chi connectivity index (χ0n) is 26.7. The van der Waals surface area contributed by atoms with E-state index in [4.69, 9.17) is 10.2 Å². The quantitative estimate of drug-likeness (QED) is 0.159. The Labute approximate surface area is 289 Å². The number of rotatable bonds is 8. The lowest BCUT2D eigenvalue weighted by Gasteiger charge is -2.36. The standard InChI is InChI=1S/C39H34BrN5O2S/c1-38(2,3)29-19-21-33(22-20-29)48(46,47)43-37-24-23-34(40)36-25-35(42-45(36)37)28-26-41-44(27-28)39(30-13-7-4-8-14-30,31-15-9-5-10-16-31)32-17-11-6-12-18-32/h4-27,43H,1-3H3. The number of fused-ring (bicyclic) bond motifs is 1.